The normalized spacial score (nSPS) is 10.5. The standard InChI is InChI=1S/C13H11BrN2O3/c1-7-11(13(18)19)8(2)15-16(12(7)17)10-5-3-9(14)4-6-10/h3-6H,1-2H3,(H,18,19). The van der Waals surface area contributed by atoms with Gasteiger partial charge in [0, 0.05) is 10.0 Å². The van der Waals surface area contributed by atoms with E-state index in [2.05, 4.69) is 21.0 Å². The van der Waals surface area contributed by atoms with Crippen molar-refractivity contribution >= 4 is 21.9 Å². The third-order valence-corrected chi connectivity index (χ3v) is 3.31. The Kier molecular flexibility index (Phi) is 3.53. The fourth-order valence-electron chi connectivity index (χ4n) is 1.85. The predicted octanol–water partition coefficient (Wildman–Crippen LogP) is 2.31. The third-order valence-electron chi connectivity index (χ3n) is 2.79. The third kappa shape index (κ3) is 2.44. The second-order valence-corrected chi connectivity index (χ2v) is 5.00. The lowest BCUT2D eigenvalue weighted by atomic mass is 10.1. The van der Waals surface area contributed by atoms with E-state index in [9.17, 15) is 9.59 Å². The lowest BCUT2D eigenvalue weighted by Gasteiger charge is -2.10. The summed E-state index contributed by atoms with van der Waals surface area (Å²) in [5.41, 5.74) is 0.635. The highest BCUT2D eigenvalue weighted by atomic mass is 79.9. The Morgan fingerprint density at radius 2 is 1.84 bits per heavy atom. The summed E-state index contributed by atoms with van der Waals surface area (Å²) < 4.78 is 2.10. The molecule has 0 amide bonds. The molecule has 0 aliphatic rings. The summed E-state index contributed by atoms with van der Waals surface area (Å²) in [6.45, 7) is 3.07. The van der Waals surface area contributed by atoms with Gasteiger partial charge < -0.3 is 5.11 Å². The Hall–Kier alpha value is -1.95. The smallest absolute Gasteiger partial charge is 0.338 e. The van der Waals surface area contributed by atoms with E-state index in [4.69, 9.17) is 5.11 Å². The Morgan fingerprint density at radius 3 is 2.37 bits per heavy atom. The van der Waals surface area contributed by atoms with Gasteiger partial charge in [0.1, 0.15) is 0 Å². The first kappa shape index (κ1) is 13.5. The van der Waals surface area contributed by atoms with Crippen molar-refractivity contribution in [3.05, 3.63) is 55.9 Å². The van der Waals surface area contributed by atoms with Gasteiger partial charge in [-0.25, -0.2) is 4.79 Å². The molecule has 1 heterocycles. The van der Waals surface area contributed by atoms with E-state index in [1.54, 1.807) is 31.2 Å². The van der Waals surface area contributed by atoms with Gasteiger partial charge in [-0.2, -0.15) is 9.78 Å². The molecule has 1 N–H and O–H groups in total. The van der Waals surface area contributed by atoms with Gasteiger partial charge in [-0.15, -0.1) is 0 Å². The van der Waals surface area contributed by atoms with Crippen LogP contribution in [0.1, 0.15) is 21.6 Å². The van der Waals surface area contributed by atoms with Crippen molar-refractivity contribution in [2.45, 2.75) is 13.8 Å². The first-order valence-electron chi connectivity index (χ1n) is 5.51. The molecule has 0 atom stereocenters. The fraction of sp³-hybridized carbons (Fsp3) is 0.154. The summed E-state index contributed by atoms with van der Waals surface area (Å²) >= 11 is 3.31. The summed E-state index contributed by atoms with van der Waals surface area (Å²) in [7, 11) is 0. The molecule has 5 nitrogen and oxygen atoms in total. The zero-order valence-electron chi connectivity index (χ0n) is 10.3. The fourth-order valence-corrected chi connectivity index (χ4v) is 2.12. The summed E-state index contributed by atoms with van der Waals surface area (Å²) in [4.78, 5) is 23.2. The Labute approximate surface area is 117 Å². The van der Waals surface area contributed by atoms with E-state index in [1.165, 1.54) is 11.6 Å². The molecule has 0 spiro atoms. The lowest BCUT2D eigenvalue weighted by Crippen LogP contribution is -2.27. The largest absolute Gasteiger partial charge is 0.478 e. The molecule has 6 heteroatoms. The average molecular weight is 323 g/mol. The minimum Gasteiger partial charge on any atom is -0.478 e. The van der Waals surface area contributed by atoms with Gasteiger partial charge in [0.05, 0.1) is 16.9 Å². The summed E-state index contributed by atoms with van der Waals surface area (Å²) in [5, 5.41) is 13.1. The van der Waals surface area contributed by atoms with Crippen LogP contribution in [0.4, 0.5) is 0 Å². The molecule has 0 bridgehead atoms. The number of carbonyl (C=O) groups is 1. The van der Waals surface area contributed by atoms with Gasteiger partial charge in [0.2, 0.25) is 0 Å². The molecule has 0 saturated carbocycles. The van der Waals surface area contributed by atoms with Crippen LogP contribution in [0.25, 0.3) is 5.69 Å². The number of aromatic nitrogens is 2. The highest BCUT2D eigenvalue weighted by Gasteiger charge is 2.17. The molecule has 2 rings (SSSR count). The minimum atomic E-state index is -1.14. The topological polar surface area (TPSA) is 72.2 Å². The van der Waals surface area contributed by atoms with Crippen molar-refractivity contribution in [2.24, 2.45) is 0 Å². The van der Waals surface area contributed by atoms with Crippen LogP contribution in [-0.2, 0) is 0 Å². The van der Waals surface area contributed by atoms with E-state index < -0.39 is 11.5 Å². The molecule has 0 unspecified atom stereocenters. The maximum atomic E-state index is 12.2. The van der Waals surface area contributed by atoms with Crippen molar-refractivity contribution in [3.63, 3.8) is 0 Å². The molecule has 0 aliphatic carbocycles. The number of carboxylic acid groups (broad SMARTS) is 1. The molecule has 19 heavy (non-hydrogen) atoms. The van der Waals surface area contributed by atoms with E-state index >= 15 is 0 Å². The molecular formula is C13H11BrN2O3. The zero-order chi connectivity index (χ0) is 14.2. The first-order chi connectivity index (χ1) is 8.91. The van der Waals surface area contributed by atoms with Crippen LogP contribution in [0.15, 0.2) is 33.5 Å². The second kappa shape index (κ2) is 4.97. The quantitative estimate of drug-likeness (QED) is 0.920. The zero-order valence-corrected chi connectivity index (χ0v) is 11.9. The van der Waals surface area contributed by atoms with Gasteiger partial charge in [0.15, 0.2) is 0 Å². The molecule has 0 fully saturated rings. The van der Waals surface area contributed by atoms with Crippen molar-refractivity contribution < 1.29 is 9.90 Å². The van der Waals surface area contributed by atoms with Crippen LogP contribution in [0.3, 0.4) is 0 Å². The van der Waals surface area contributed by atoms with Gasteiger partial charge >= 0.3 is 5.97 Å². The van der Waals surface area contributed by atoms with E-state index in [0.29, 0.717) is 11.4 Å². The lowest BCUT2D eigenvalue weighted by molar-refractivity contribution is 0.0694. The number of aryl methyl sites for hydroxylation is 1. The van der Waals surface area contributed by atoms with Crippen molar-refractivity contribution in [1.29, 1.82) is 0 Å². The summed E-state index contributed by atoms with van der Waals surface area (Å²) in [6.07, 6.45) is 0. The van der Waals surface area contributed by atoms with Gasteiger partial charge in [-0.05, 0) is 38.1 Å². The van der Waals surface area contributed by atoms with Crippen LogP contribution in [0, 0.1) is 13.8 Å². The van der Waals surface area contributed by atoms with Crippen molar-refractivity contribution in [1.82, 2.24) is 9.78 Å². The van der Waals surface area contributed by atoms with Gasteiger partial charge in [-0.1, -0.05) is 15.9 Å². The van der Waals surface area contributed by atoms with Crippen LogP contribution in [-0.4, -0.2) is 20.9 Å². The van der Waals surface area contributed by atoms with Crippen LogP contribution < -0.4 is 5.56 Å². The molecule has 0 saturated heterocycles. The number of rotatable bonds is 2. The van der Waals surface area contributed by atoms with Crippen LogP contribution in [0.5, 0.6) is 0 Å². The van der Waals surface area contributed by atoms with Gasteiger partial charge in [-0.3, -0.25) is 4.79 Å². The number of nitrogens with zero attached hydrogens (tertiary/aromatic N) is 2. The summed E-state index contributed by atoms with van der Waals surface area (Å²) in [6, 6.07) is 7.05. The van der Waals surface area contributed by atoms with E-state index in [0.717, 1.165) is 4.47 Å². The number of hydrogen-bond acceptors (Lipinski definition) is 3. The molecule has 0 radical (unpaired) electrons. The minimum absolute atomic E-state index is 0.0293. The molecule has 98 valence electrons. The van der Waals surface area contributed by atoms with Crippen LogP contribution >= 0.6 is 15.9 Å². The van der Waals surface area contributed by atoms with E-state index in [1.807, 2.05) is 0 Å². The average Bonchev–Trinajstić information content (AvgIpc) is 2.34. The maximum Gasteiger partial charge on any atom is 0.338 e. The number of halogens is 1. The Balaban J connectivity index is 2.70. The number of benzene rings is 1. The first-order valence-corrected chi connectivity index (χ1v) is 6.31. The van der Waals surface area contributed by atoms with Crippen molar-refractivity contribution in [3.8, 4) is 5.69 Å². The molecule has 0 aliphatic heterocycles. The maximum absolute atomic E-state index is 12.2. The Bertz CT molecular complexity index is 705. The van der Waals surface area contributed by atoms with Crippen LogP contribution in [0.2, 0.25) is 0 Å². The molecule has 1 aromatic heterocycles. The monoisotopic (exact) mass is 322 g/mol. The number of hydrogen-bond donors (Lipinski definition) is 1. The SMILES string of the molecule is Cc1nn(-c2ccc(Br)cc2)c(=O)c(C)c1C(=O)O. The molecule has 2 aromatic rings. The van der Waals surface area contributed by atoms with Crippen molar-refractivity contribution in [2.75, 3.05) is 0 Å². The summed E-state index contributed by atoms with van der Waals surface area (Å²) in [5.74, 6) is -1.14. The highest BCUT2D eigenvalue weighted by Crippen LogP contribution is 2.14. The van der Waals surface area contributed by atoms with E-state index in [-0.39, 0.29) is 11.1 Å². The predicted molar refractivity (Wildman–Crippen MR) is 74.0 cm³/mol. The highest BCUT2D eigenvalue weighted by molar-refractivity contribution is 9.10. The Morgan fingerprint density at radius 1 is 1.26 bits per heavy atom. The number of aromatic carboxylic acids is 1. The molecule has 1 aromatic carbocycles. The molecular weight excluding hydrogens is 312 g/mol. The number of carboxylic acids is 1. The van der Waals surface area contributed by atoms with Gasteiger partial charge in [0.25, 0.3) is 5.56 Å². The second-order valence-electron chi connectivity index (χ2n) is 4.08.